The molecule has 4 nitrogen and oxygen atoms in total. The van der Waals surface area contributed by atoms with E-state index in [1.54, 1.807) is 13.2 Å². The third-order valence-corrected chi connectivity index (χ3v) is 5.18. The number of halogens is 2. The van der Waals surface area contributed by atoms with Gasteiger partial charge in [-0.2, -0.15) is 11.8 Å². The Labute approximate surface area is 172 Å². The van der Waals surface area contributed by atoms with Crippen LogP contribution in [-0.4, -0.2) is 48.1 Å². The number of hydrogen-bond acceptors (Lipinski definition) is 3. The maximum atomic E-state index is 13.7. The highest BCUT2D eigenvalue weighted by Crippen LogP contribution is 2.29. The van der Waals surface area contributed by atoms with Gasteiger partial charge < -0.3 is 15.0 Å². The second kappa shape index (κ2) is 10.6. The quantitative estimate of drug-likeness (QED) is 0.394. The van der Waals surface area contributed by atoms with E-state index >= 15 is 0 Å². The Balaban J connectivity index is 0.00000312. The summed E-state index contributed by atoms with van der Waals surface area (Å²) in [5.74, 6) is 1.81. The standard InChI is InChI=1S/C18H28FN3OS.HI/c1-5-20-17(22-8-9-24-18(2,3)13-22)21-11-14-6-7-16(19)15(10-14)12-23-4;/h6-7,10H,5,8-9,11-13H2,1-4H3,(H,20,21);1H. The van der Waals surface area contributed by atoms with Crippen LogP contribution in [0.15, 0.2) is 23.2 Å². The number of hydrogen-bond donors (Lipinski definition) is 1. The number of rotatable bonds is 5. The lowest BCUT2D eigenvalue weighted by Crippen LogP contribution is -2.50. The monoisotopic (exact) mass is 481 g/mol. The predicted molar refractivity (Wildman–Crippen MR) is 115 cm³/mol. The lowest BCUT2D eigenvalue weighted by atomic mass is 10.1. The minimum absolute atomic E-state index is 0. The summed E-state index contributed by atoms with van der Waals surface area (Å²) in [6, 6.07) is 5.12. The van der Waals surface area contributed by atoms with Crippen LogP contribution in [0.4, 0.5) is 4.39 Å². The van der Waals surface area contributed by atoms with Crippen LogP contribution in [0.3, 0.4) is 0 Å². The highest BCUT2D eigenvalue weighted by Gasteiger charge is 2.28. The van der Waals surface area contributed by atoms with Crippen molar-refractivity contribution in [3.63, 3.8) is 0 Å². The van der Waals surface area contributed by atoms with E-state index < -0.39 is 0 Å². The minimum atomic E-state index is -0.230. The van der Waals surface area contributed by atoms with Crippen molar-refractivity contribution >= 4 is 41.7 Å². The van der Waals surface area contributed by atoms with Gasteiger partial charge in [-0.3, -0.25) is 0 Å². The molecule has 0 bridgehead atoms. The van der Waals surface area contributed by atoms with Gasteiger partial charge in [0.05, 0.1) is 13.2 Å². The van der Waals surface area contributed by atoms with Gasteiger partial charge in [-0.25, -0.2) is 9.38 Å². The fourth-order valence-corrected chi connectivity index (χ4v) is 3.89. The van der Waals surface area contributed by atoms with Crippen LogP contribution >= 0.6 is 35.7 Å². The van der Waals surface area contributed by atoms with Crippen molar-refractivity contribution in [1.82, 2.24) is 10.2 Å². The molecule has 2 rings (SSSR count). The molecule has 25 heavy (non-hydrogen) atoms. The second-order valence-corrected chi connectivity index (χ2v) is 8.36. The molecule has 7 heteroatoms. The van der Waals surface area contributed by atoms with Crippen molar-refractivity contribution in [2.45, 2.75) is 38.7 Å². The van der Waals surface area contributed by atoms with Crippen LogP contribution < -0.4 is 5.32 Å². The van der Waals surface area contributed by atoms with E-state index in [0.717, 1.165) is 36.9 Å². The Bertz CT molecular complexity index is 583. The first-order valence-corrected chi connectivity index (χ1v) is 9.37. The first kappa shape index (κ1) is 22.5. The molecular formula is C18H29FIN3OS. The fraction of sp³-hybridized carbons (Fsp3) is 0.611. The first-order valence-electron chi connectivity index (χ1n) is 8.38. The van der Waals surface area contributed by atoms with Crippen LogP contribution in [0.2, 0.25) is 0 Å². The molecule has 0 spiro atoms. The number of aliphatic imine (C=N–C) groups is 1. The fourth-order valence-electron chi connectivity index (χ4n) is 2.78. The van der Waals surface area contributed by atoms with E-state index in [-0.39, 0.29) is 41.1 Å². The molecule has 0 unspecified atom stereocenters. The zero-order valence-corrected chi connectivity index (χ0v) is 18.6. The predicted octanol–water partition coefficient (Wildman–Crippen LogP) is 3.88. The molecule has 0 aromatic heterocycles. The van der Waals surface area contributed by atoms with Gasteiger partial charge in [0.25, 0.3) is 0 Å². The maximum absolute atomic E-state index is 13.7. The van der Waals surface area contributed by atoms with Gasteiger partial charge in [-0.05, 0) is 38.5 Å². The molecule has 1 N–H and O–H groups in total. The molecule has 1 aromatic carbocycles. The van der Waals surface area contributed by atoms with Crippen molar-refractivity contribution in [3.8, 4) is 0 Å². The summed E-state index contributed by atoms with van der Waals surface area (Å²) >= 11 is 2.00. The number of thioether (sulfide) groups is 1. The first-order chi connectivity index (χ1) is 11.4. The van der Waals surface area contributed by atoms with Gasteiger partial charge in [-0.1, -0.05) is 6.07 Å². The molecule has 0 radical (unpaired) electrons. The van der Waals surface area contributed by atoms with E-state index in [2.05, 4.69) is 31.0 Å². The summed E-state index contributed by atoms with van der Waals surface area (Å²) in [4.78, 5) is 7.08. The lowest BCUT2D eigenvalue weighted by molar-refractivity contribution is 0.181. The van der Waals surface area contributed by atoms with Gasteiger partial charge in [-0.15, -0.1) is 24.0 Å². The molecule has 1 fully saturated rings. The molecule has 142 valence electrons. The van der Waals surface area contributed by atoms with E-state index in [9.17, 15) is 4.39 Å². The largest absolute Gasteiger partial charge is 0.380 e. The summed E-state index contributed by atoms with van der Waals surface area (Å²) in [7, 11) is 1.57. The minimum Gasteiger partial charge on any atom is -0.380 e. The Hall–Kier alpha value is -0.540. The summed E-state index contributed by atoms with van der Waals surface area (Å²) in [5.41, 5.74) is 1.57. The Morgan fingerprint density at radius 2 is 2.20 bits per heavy atom. The molecular weight excluding hydrogens is 452 g/mol. The van der Waals surface area contributed by atoms with E-state index in [1.165, 1.54) is 6.07 Å². The number of nitrogens with one attached hydrogen (secondary N) is 1. The smallest absolute Gasteiger partial charge is 0.194 e. The molecule has 0 amide bonds. The summed E-state index contributed by atoms with van der Waals surface area (Å²) in [6.45, 7) is 10.2. The van der Waals surface area contributed by atoms with Gasteiger partial charge in [0.15, 0.2) is 5.96 Å². The van der Waals surface area contributed by atoms with Gasteiger partial charge >= 0.3 is 0 Å². The van der Waals surface area contributed by atoms with E-state index in [1.807, 2.05) is 17.8 Å². The van der Waals surface area contributed by atoms with Gasteiger partial charge in [0, 0.05) is 42.8 Å². The Kier molecular flexibility index (Phi) is 9.51. The highest BCUT2D eigenvalue weighted by molar-refractivity contribution is 14.0. The maximum Gasteiger partial charge on any atom is 0.194 e. The third kappa shape index (κ3) is 6.94. The molecule has 1 heterocycles. The molecule has 1 saturated heterocycles. The topological polar surface area (TPSA) is 36.9 Å². The van der Waals surface area contributed by atoms with E-state index in [4.69, 9.17) is 9.73 Å². The molecule has 1 aliphatic heterocycles. The van der Waals surface area contributed by atoms with Crippen LogP contribution in [0.5, 0.6) is 0 Å². The zero-order chi connectivity index (χ0) is 17.6. The number of methoxy groups -OCH3 is 1. The highest BCUT2D eigenvalue weighted by atomic mass is 127. The third-order valence-electron chi connectivity index (χ3n) is 3.88. The summed E-state index contributed by atoms with van der Waals surface area (Å²) in [6.07, 6.45) is 0. The SMILES string of the molecule is CCNC(=NCc1ccc(F)c(COC)c1)N1CCSC(C)(C)C1.I. The van der Waals surface area contributed by atoms with Crippen LogP contribution in [0.1, 0.15) is 31.9 Å². The van der Waals surface area contributed by atoms with Crippen molar-refractivity contribution in [3.05, 3.63) is 35.1 Å². The zero-order valence-electron chi connectivity index (χ0n) is 15.5. The second-order valence-electron chi connectivity index (χ2n) is 6.56. The number of nitrogens with zero attached hydrogens (tertiary/aromatic N) is 2. The van der Waals surface area contributed by atoms with Crippen LogP contribution in [-0.2, 0) is 17.9 Å². The number of benzene rings is 1. The number of guanidine groups is 1. The van der Waals surface area contributed by atoms with Crippen molar-refractivity contribution in [1.29, 1.82) is 0 Å². The van der Waals surface area contributed by atoms with Gasteiger partial charge in [0.2, 0.25) is 0 Å². The molecule has 1 aromatic rings. The number of ether oxygens (including phenoxy) is 1. The molecule has 0 atom stereocenters. The van der Waals surface area contributed by atoms with Crippen LogP contribution in [0, 0.1) is 5.82 Å². The molecule has 1 aliphatic rings. The molecule has 0 saturated carbocycles. The Morgan fingerprint density at radius 3 is 2.84 bits per heavy atom. The van der Waals surface area contributed by atoms with Crippen molar-refractivity contribution < 1.29 is 9.13 Å². The van der Waals surface area contributed by atoms with Crippen LogP contribution in [0.25, 0.3) is 0 Å². The van der Waals surface area contributed by atoms with E-state index in [0.29, 0.717) is 12.1 Å². The average Bonchev–Trinajstić information content (AvgIpc) is 2.53. The van der Waals surface area contributed by atoms with Crippen molar-refractivity contribution in [2.75, 3.05) is 32.5 Å². The summed E-state index contributed by atoms with van der Waals surface area (Å²) in [5, 5.41) is 3.38. The molecule has 0 aliphatic carbocycles. The normalized spacial score (nSPS) is 17.2. The van der Waals surface area contributed by atoms with Crippen molar-refractivity contribution in [2.24, 2.45) is 4.99 Å². The Morgan fingerprint density at radius 1 is 1.44 bits per heavy atom. The lowest BCUT2D eigenvalue weighted by Gasteiger charge is -2.39. The summed E-state index contributed by atoms with van der Waals surface area (Å²) < 4.78 is 19.0. The van der Waals surface area contributed by atoms with Gasteiger partial charge in [0.1, 0.15) is 5.82 Å². The average molecular weight is 481 g/mol.